The molecular formula is C21H20F2N2O2S. The first-order valence-electron chi connectivity index (χ1n) is 9.07. The zero-order valence-corrected chi connectivity index (χ0v) is 16.1. The Morgan fingerprint density at radius 1 is 1.07 bits per heavy atom. The first-order chi connectivity index (χ1) is 13.4. The average Bonchev–Trinajstić information content (AvgIpc) is 3.43. The van der Waals surface area contributed by atoms with E-state index < -0.39 is 21.7 Å². The Kier molecular flexibility index (Phi) is 4.81. The number of nitrogens with one attached hydrogen (secondary N) is 1. The molecule has 0 amide bonds. The Labute approximate surface area is 162 Å². The maximum absolute atomic E-state index is 13.7. The number of nitrogens with zero attached hydrogens (tertiary/aromatic N) is 1. The van der Waals surface area contributed by atoms with Crippen molar-refractivity contribution in [1.29, 1.82) is 0 Å². The molecule has 0 spiro atoms. The first-order valence-corrected chi connectivity index (χ1v) is 10.5. The summed E-state index contributed by atoms with van der Waals surface area (Å²) < 4.78 is 55.1. The van der Waals surface area contributed by atoms with Crippen LogP contribution in [0, 0.1) is 11.6 Å². The fourth-order valence-corrected chi connectivity index (χ4v) is 4.98. The van der Waals surface area contributed by atoms with Gasteiger partial charge >= 0.3 is 0 Å². The molecule has 0 aliphatic heterocycles. The lowest BCUT2D eigenvalue weighted by atomic mass is 10.0. The van der Waals surface area contributed by atoms with Crippen LogP contribution < -0.4 is 5.32 Å². The van der Waals surface area contributed by atoms with Gasteiger partial charge in [0.05, 0.1) is 10.6 Å². The van der Waals surface area contributed by atoms with E-state index in [1.165, 1.54) is 34.3 Å². The second-order valence-corrected chi connectivity index (χ2v) is 8.80. The van der Waals surface area contributed by atoms with Crippen molar-refractivity contribution in [3.63, 3.8) is 0 Å². The van der Waals surface area contributed by atoms with Crippen molar-refractivity contribution in [2.45, 2.75) is 30.2 Å². The SMILES string of the molecule is CNCc1cn(S(=O)(=O)c2cccc(F)c2)c(-c2ccc(F)cc2)c1C1CC1. The molecule has 4 nitrogen and oxygen atoms in total. The predicted molar refractivity (Wildman–Crippen MR) is 104 cm³/mol. The summed E-state index contributed by atoms with van der Waals surface area (Å²) >= 11 is 0. The van der Waals surface area contributed by atoms with Gasteiger partial charge < -0.3 is 5.32 Å². The van der Waals surface area contributed by atoms with Gasteiger partial charge in [-0.1, -0.05) is 6.07 Å². The molecule has 0 radical (unpaired) electrons. The number of hydrogen-bond donors (Lipinski definition) is 1. The number of halogens is 2. The third kappa shape index (κ3) is 3.36. The lowest BCUT2D eigenvalue weighted by molar-refractivity contribution is 0.583. The number of aromatic nitrogens is 1. The highest BCUT2D eigenvalue weighted by Crippen LogP contribution is 2.47. The number of rotatable bonds is 6. The van der Waals surface area contributed by atoms with E-state index in [0.29, 0.717) is 17.8 Å². The third-order valence-corrected chi connectivity index (χ3v) is 6.57. The van der Waals surface area contributed by atoms with Gasteiger partial charge in [0, 0.05) is 12.7 Å². The summed E-state index contributed by atoms with van der Waals surface area (Å²) in [5.74, 6) is -0.736. The van der Waals surface area contributed by atoms with Crippen LogP contribution in [0.4, 0.5) is 8.78 Å². The summed E-state index contributed by atoms with van der Waals surface area (Å²) in [4.78, 5) is -0.121. The minimum absolute atomic E-state index is 0.121. The van der Waals surface area contributed by atoms with Crippen LogP contribution in [0.3, 0.4) is 0 Å². The van der Waals surface area contributed by atoms with Crippen LogP contribution in [-0.2, 0) is 16.6 Å². The van der Waals surface area contributed by atoms with Crippen LogP contribution >= 0.6 is 0 Å². The van der Waals surface area contributed by atoms with Crippen LogP contribution in [0.5, 0.6) is 0 Å². The van der Waals surface area contributed by atoms with E-state index >= 15 is 0 Å². The maximum Gasteiger partial charge on any atom is 0.268 e. The molecule has 0 unspecified atom stereocenters. The second kappa shape index (κ2) is 7.14. The van der Waals surface area contributed by atoms with E-state index in [1.807, 2.05) is 0 Å². The molecule has 2 aromatic carbocycles. The molecule has 1 aliphatic rings. The monoisotopic (exact) mass is 402 g/mol. The molecule has 4 rings (SSSR count). The van der Waals surface area contributed by atoms with Crippen LogP contribution in [-0.4, -0.2) is 19.4 Å². The summed E-state index contributed by atoms with van der Waals surface area (Å²) in [6.07, 6.45) is 3.56. The summed E-state index contributed by atoms with van der Waals surface area (Å²) in [5, 5.41) is 3.08. The first kappa shape index (κ1) is 18.8. The fraction of sp³-hybridized carbons (Fsp3) is 0.238. The number of hydrogen-bond acceptors (Lipinski definition) is 3. The van der Waals surface area contributed by atoms with Gasteiger partial charge in [-0.05, 0) is 85.0 Å². The van der Waals surface area contributed by atoms with Crippen LogP contribution in [0.1, 0.15) is 29.9 Å². The third-order valence-electron chi connectivity index (χ3n) is 4.92. The van der Waals surface area contributed by atoms with Crippen molar-refractivity contribution in [2.24, 2.45) is 0 Å². The van der Waals surface area contributed by atoms with Crippen LogP contribution in [0.15, 0.2) is 59.6 Å². The van der Waals surface area contributed by atoms with Gasteiger partial charge in [-0.25, -0.2) is 21.2 Å². The summed E-state index contributed by atoms with van der Waals surface area (Å²) in [7, 11) is -2.22. The van der Waals surface area contributed by atoms with Gasteiger partial charge in [0.25, 0.3) is 10.0 Å². The van der Waals surface area contributed by atoms with E-state index in [9.17, 15) is 17.2 Å². The molecule has 0 atom stereocenters. The Bertz CT molecular complexity index is 1120. The number of benzene rings is 2. The van der Waals surface area contributed by atoms with Crippen LogP contribution in [0.2, 0.25) is 0 Å². The van der Waals surface area contributed by atoms with Gasteiger partial charge in [-0.15, -0.1) is 0 Å². The lowest BCUT2D eigenvalue weighted by Gasteiger charge is -2.13. The second-order valence-electron chi connectivity index (χ2n) is 6.99. The molecule has 1 fully saturated rings. The molecule has 1 heterocycles. The van der Waals surface area contributed by atoms with Crippen molar-refractivity contribution in [1.82, 2.24) is 9.29 Å². The summed E-state index contributed by atoms with van der Waals surface area (Å²) in [6.45, 7) is 0.506. The van der Waals surface area contributed by atoms with Crippen molar-refractivity contribution < 1.29 is 17.2 Å². The standard InChI is InChI=1S/C21H20F2N2O2S/c1-24-12-16-13-25(28(26,27)19-4-2-3-18(23)11-19)21(20(16)14-5-6-14)15-7-9-17(22)10-8-15/h2-4,7-11,13-14,24H,5-6,12H2,1H3. The smallest absolute Gasteiger partial charge is 0.268 e. The normalized spacial score (nSPS) is 14.4. The molecule has 0 bridgehead atoms. The van der Waals surface area contributed by atoms with Crippen LogP contribution in [0.25, 0.3) is 11.3 Å². The average molecular weight is 402 g/mol. The minimum Gasteiger partial charge on any atom is -0.316 e. The zero-order valence-electron chi connectivity index (χ0n) is 15.3. The van der Waals surface area contributed by atoms with E-state index in [2.05, 4.69) is 5.32 Å². The topological polar surface area (TPSA) is 51.1 Å². The molecule has 7 heteroatoms. The predicted octanol–water partition coefficient (Wildman–Crippen LogP) is 4.27. The summed E-state index contributed by atoms with van der Waals surface area (Å²) in [5.41, 5.74) is 2.98. The van der Waals surface area contributed by atoms with E-state index in [1.54, 1.807) is 25.4 Å². The molecule has 1 aliphatic carbocycles. The largest absolute Gasteiger partial charge is 0.316 e. The van der Waals surface area contributed by atoms with Crippen molar-refractivity contribution in [2.75, 3.05) is 7.05 Å². The Balaban J connectivity index is 1.98. The van der Waals surface area contributed by atoms with Gasteiger partial charge in [0.15, 0.2) is 0 Å². The van der Waals surface area contributed by atoms with Crippen molar-refractivity contribution in [3.05, 3.63) is 77.5 Å². The lowest BCUT2D eigenvalue weighted by Crippen LogP contribution is -2.14. The molecule has 1 saturated carbocycles. The molecule has 1 aromatic heterocycles. The Hall–Kier alpha value is -2.51. The molecule has 0 saturated heterocycles. The van der Waals surface area contributed by atoms with E-state index in [0.717, 1.165) is 30.0 Å². The molecule has 28 heavy (non-hydrogen) atoms. The molecular weight excluding hydrogens is 382 g/mol. The highest BCUT2D eigenvalue weighted by Gasteiger charge is 2.34. The Morgan fingerprint density at radius 3 is 2.39 bits per heavy atom. The molecule has 146 valence electrons. The molecule has 1 N–H and O–H groups in total. The van der Waals surface area contributed by atoms with Gasteiger partial charge in [-0.3, -0.25) is 0 Å². The fourth-order valence-electron chi connectivity index (χ4n) is 3.53. The highest BCUT2D eigenvalue weighted by atomic mass is 32.2. The van der Waals surface area contributed by atoms with Gasteiger partial charge in [0.1, 0.15) is 11.6 Å². The van der Waals surface area contributed by atoms with Crippen molar-refractivity contribution >= 4 is 10.0 Å². The minimum atomic E-state index is -4.02. The zero-order chi connectivity index (χ0) is 19.9. The van der Waals surface area contributed by atoms with Gasteiger partial charge in [-0.2, -0.15) is 0 Å². The Morgan fingerprint density at radius 2 is 1.79 bits per heavy atom. The van der Waals surface area contributed by atoms with Crippen molar-refractivity contribution in [3.8, 4) is 11.3 Å². The maximum atomic E-state index is 13.7. The van der Waals surface area contributed by atoms with E-state index in [4.69, 9.17) is 0 Å². The summed E-state index contributed by atoms with van der Waals surface area (Å²) in [6, 6.07) is 10.8. The highest BCUT2D eigenvalue weighted by molar-refractivity contribution is 7.90. The molecule has 3 aromatic rings. The van der Waals surface area contributed by atoms with Gasteiger partial charge in [0.2, 0.25) is 0 Å². The quantitative estimate of drug-likeness (QED) is 0.670. The van der Waals surface area contributed by atoms with E-state index in [-0.39, 0.29) is 10.8 Å².